The molecule has 36 heavy (non-hydrogen) atoms. The SMILES string of the molecule is CC(C)(C)c1ccc(-c2ccccc2-c2ccccc2CC(C)(C)c2ccc3ncccc3c2)cc1. The molecule has 4 aromatic carbocycles. The number of fused-ring (bicyclic) bond motifs is 1. The van der Waals surface area contributed by atoms with Gasteiger partial charge in [0.05, 0.1) is 5.52 Å². The molecular formula is C35H35N. The normalized spacial score (nSPS) is 12.1. The molecule has 180 valence electrons. The Labute approximate surface area is 215 Å². The van der Waals surface area contributed by atoms with Crippen LogP contribution in [0.4, 0.5) is 0 Å². The van der Waals surface area contributed by atoms with Gasteiger partial charge < -0.3 is 0 Å². The minimum Gasteiger partial charge on any atom is -0.256 e. The van der Waals surface area contributed by atoms with Gasteiger partial charge in [-0.05, 0) is 74.4 Å². The van der Waals surface area contributed by atoms with Gasteiger partial charge in [0.2, 0.25) is 0 Å². The first-order valence-electron chi connectivity index (χ1n) is 12.9. The average Bonchev–Trinajstić information content (AvgIpc) is 2.88. The van der Waals surface area contributed by atoms with Crippen molar-refractivity contribution in [1.29, 1.82) is 0 Å². The van der Waals surface area contributed by atoms with Crippen LogP contribution in [-0.4, -0.2) is 4.98 Å². The van der Waals surface area contributed by atoms with E-state index in [9.17, 15) is 0 Å². The molecule has 0 atom stereocenters. The molecule has 0 saturated carbocycles. The second kappa shape index (κ2) is 9.39. The molecule has 1 heterocycles. The highest BCUT2D eigenvalue weighted by atomic mass is 14.6. The minimum atomic E-state index is -0.0244. The molecule has 1 aromatic heterocycles. The van der Waals surface area contributed by atoms with Crippen LogP contribution in [0.3, 0.4) is 0 Å². The summed E-state index contributed by atoms with van der Waals surface area (Å²) in [4.78, 5) is 4.50. The van der Waals surface area contributed by atoms with Gasteiger partial charge in [-0.3, -0.25) is 4.98 Å². The van der Waals surface area contributed by atoms with E-state index in [2.05, 4.69) is 137 Å². The third kappa shape index (κ3) is 4.84. The zero-order valence-corrected chi connectivity index (χ0v) is 22.0. The van der Waals surface area contributed by atoms with Crippen LogP contribution < -0.4 is 0 Å². The quantitative estimate of drug-likeness (QED) is 0.250. The van der Waals surface area contributed by atoms with Crippen molar-refractivity contribution in [1.82, 2.24) is 4.98 Å². The van der Waals surface area contributed by atoms with Crippen molar-refractivity contribution >= 4 is 10.9 Å². The molecule has 0 radical (unpaired) electrons. The second-order valence-corrected chi connectivity index (χ2v) is 11.5. The Kier molecular flexibility index (Phi) is 6.26. The van der Waals surface area contributed by atoms with Gasteiger partial charge in [-0.1, -0.05) is 120 Å². The number of nitrogens with zero attached hydrogens (tertiary/aromatic N) is 1. The first-order chi connectivity index (χ1) is 17.2. The van der Waals surface area contributed by atoms with Crippen molar-refractivity contribution in [3.63, 3.8) is 0 Å². The highest BCUT2D eigenvalue weighted by Crippen LogP contribution is 2.38. The standard InChI is InChI=1S/C35H35N/c1-34(2,3)28-18-16-25(17-19-28)30-13-8-9-15-32(30)31-14-7-6-11-27(31)24-35(4,5)29-20-21-33-26(23-29)12-10-22-36-33/h6-23H,24H2,1-5H3. The third-order valence-electron chi connectivity index (χ3n) is 7.31. The largest absolute Gasteiger partial charge is 0.256 e. The molecule has 0 amide bonds. The fourth-order valence-electron chi connectivity index (χ4n) is 5.13. The molecule has 0 aliphatic carbocycles. The van der Waals surface area contributed by atoms with Gasteiger partial charge in [0.25, 0.3) is 0 Å². The molecule has 0 spiro atoms. The van der Waals surface area contributed by atoms with E-state index < -0.39 is 0 Å². The molecule has 0 saturated heterocycles. The van der Waals surface area contributed by atoms with Crippen molar-refractivity contribution in [3.8, 4) is 22.3 Å². The summed E-state index contributed by atoms with van der Waals surface area (Å²) in [5, 5.41) is 1.19. The zero-order valence-electron chi connectivity index (χ0n) is 22.0. The lowest BCUT2D eigenvalue weighted by Gasteiger charge is -2.27. The van der Waals surface area contributed by atoms with Crippen LogP contribution in [0.2, 0.25) is 0 Å². The van der Waals surface area contributed by atoms with Crippen LogP contribution in [0.5, 0.6) is 0 Å². The van der Waals surface area contributed by atoms with Gasteiger partial charge in [0.1, 0.15) is 0 Å². The Bertz CT molecular complexity index is 1500. The van der Waals surface area contributed by atoms with Crippen LogP contribution >= 0.6 is 0 Å². The predicted octanol–water partition coefficient (Wildman–Crippen LogP) is 9.39. The summed E-state index contributed by atoms with van der Waals surface area (Å²) in [6.07, 6.45) is 2.81. The highest BCUT2D eigenvalue weighted by Gasteiger charge is 2.24. The summed E-state index contributed by atoms with van der Waals surface area (Å²) < 4.78 is 0. The van der Waals surface area contributed by atoms with Crippen molar-refractivity contribution < 1.29 is 0 Å². The van der Waals surface area contributed by atoms with E-state index in [0.29, 0.717) is 0 Å². The van der Waals surface area contributed by atoms with Crippen molar-refractivity contribution in [2.45, 2.75) is 51.9 Å². The highest BCUT2D eigenvalue weighted by molar-refractivity contribution is 5.85. The minimum absolute atomic E-state index is 0.0244. The van der Waals surface area contributed by atoms with Gasteiger partial charge in [-0.25, -0.2) is 0 Å². The third-order valence-corrected chi connectivity index (χ3v) is 7.31. The van der Waals surface area contributed by atoms with Gasteiger partial charge in [0.15, 0.2) is 0 Å². The first-order valence-corrected chi connectivity index (χ1v) is 12.9. The van der Waals surface area contributed by atoms with Crippen molar-refractivity contribution in [3.05, 3.63) is 126 Å². The van der Waals surface area contributed by atoms with E-state index in [4.69, 9.17) is 0 Å². The molecule has 0 bridgehead atoms. The number of hydrogen-bond donors (Lipinski definition) is 0. The Morgan fingerprint density at radius 1 is 0.583 bits per heavy atom. The van der Waals surface area contributed by atoms with E-state index in [-0.39, 0.29) is 10.8 Å². The van der Waals surface area contributed by atoms with E-state index >= 15 is 0 Å². The maximum Gasteiger partial charge on any atom is 0.0702 e. The second-order valence-electron chi connectivity index (χ2n) is 11.5. The summed E-state index contributed by atoms with van der Waals surface area (Å²) in [7, 11) is 0. The number of hydrogen-bond acceptors (Lipinski definition) is 1. The molecule has 0 aliphatic rings. The molecule has 0 N–H and O–H groups in total. The number of aromatic nitrogens is 1. The van der Waals surface area contributed by atoms with Crippen LogP contribution in [0.25, 0.3) is 33.2 Å². The van der Waals surface area contributed by atoms with Crippen LogP contribution in [0.15, 0.2) is 109 Å². The Morgan fingerprint density at radius 3 is 1.94 bits per heavy atom. The predicted molar refractivity (Wildman–Crippen MR) is 154 cm³/mol. The lowest BCUT2D eigenvalue weighted by atomic mass is 9.77. The van der Waals surface area contributed by atoms with Crippen molar-refractivity contribution in [2.75, 3.05) is 0 Å². The van der Waals surface area contributed by atoms with Crippen LogP contribution in [0, 0.1) is 0 Å². The van der Waals surface area contributed by atoms with Gasteiger partial charge in [-0.2, -0.15) is 0 Å². The van der Waals surface area contributed by atoms with Gasteiger partial charge in [-0.15, -0.1) is 0 Å². The average molecular weight is 470 g/mol. The maximum absolute atomic E-state index is 4.50. The fraction of sp³-hybridized carbons (Fsp3) is 0.229. The Balaban J connectivity index is 1.53. The summed E-state index contributed by atoms with van der Waals surface area (Å²) in [6.45, 7) is 11.5. The lowest BCUT2D eigenvalue weighted by molar-refractivity contribution is 0.523. The van der Waals surface area contributed by atoms with E-state index in [1.54, 1.807) is 0 Å². The molecule has 0 aliphatic heterocycles. The molecule has 5 aromatic rings. The van der Waals surface area contributed by atoms with Crippen LogP contribution in [-0.2, 0) is 17.3 Å². The molecule has 1 nitrogen and oxygen atoms in total. The first kappa shape index (κ1) is 24.0. The smallest absolute Gasteiger partial charge is 0.0702 e. The summed E-state index contributed by atoms with van der Waals surface area (Å²) in [5.74, 6) is 0. The van der Waals surface area contributed by atoms with Gasteiger partial charge >= 0.3 is 0 Å². The number of pyridine rings is 1. The molecule has 1 heteroatoms. The zero-order chi connectivity index (χ0) is 25.3. The van der Waals surface area contributed by atoms with E-state index in [0.717, 1.165) is 11.9 Å². The van der Waals surface area contributed by atoms with E-state index in [1.165, 1.54) is 44.3 Å². The molecule has 5 rings (SSSR count). The molecule has 0 unspecified atom stereocenters. The Hall–Kier alpha value is -3.71. The molecule has 0 fully saturated rings. The Morgan fingerprint density at radius 2 is 1.22 bits per heavy atom. The van der Waals surface area contributed by atoms with E-state index in [1.807, 2.05) is 12.3 Å². The topological polar surface area (TPSA) is 12.9 Å². The lowest BCUT2D eigenvalue weighted by Crippen LogP contribution is -2.21. The summed E-state index contributed by atoms with van der Waals surface area (Å²) in [6, 6.07) is 37.6. The van der Waals surface area contributed by atoms with Crippen LogP contribution in [0.1, 0.15) is 51.3 Å². The van der Waals surface area contributed by atoms with Gasteiger partial charge in [0, 0.05) is 11.6 Å². The summed E-state index contributed by atoms with van der Waals surface area (Å²) >= 11 is 0. The fourth-order valence-corrected chi connectivity index (χ4v) is 5.13. The van der Waals surface area contributed by atoms with Crippen molar-refractivity contribution in [2.24, 2.45) is 0 Å². The monoisotopic (exact) mass is 469 g/mol. The number of benzene rings is 4. The number of rotatable bonds is 5. The summed E-state index contributed by atoms with van der Waals surface area (Å²) in [5.41, 5.74) is 10.4. The molecular weight excluding hydrogens is 434 g/mol. The maximum atomic E-state index is 4.50.